The molecule has 2 atom stereocenters. The van der Waals surface area contributed by atoms with Gasteiger partial charge in [0.05, 0.1) is 14.2 Å². The summed E-state index contributed by atoms with van der Waals surface area (Å²) in [4.78, 5) is 23.5. The Hall–Kier alpha value is 0.0422. The molecule has 8 nitrogen and oxygen atoms in total. The Labute approximate surface area is 321 Å². The Morgan fingerprint density at radius 2 is 1.12 bits per heavy atom. The van der Waals surface area contributed by atoms with E-state index in [0.717, 1.165) is 22.6 Å². The summed E-state index contributed by atoms with van der Waals surface area (Å²) in [6, 6.07) is 15.4. The van der Waals surface area contributed by atoms with Crippen molar-refractivity contribution in [3.63, 3.8) is 0 Å². The van der Waals surface area contributed by atoms with Gasteiger partial charge < -0.3 is 43.9 Å². The van der Waals surface area contributed by atoms with Crippen LogP contribution in [0, 0.1) is 14.4 Å². The minimum atomic E-state index is -0.719. The molecule has 2 unspecified atom stereocenters. The number of carbonyl (C=O) groups excluding carboxylic acids is 2. The van der Waals surface area contributed by atoms with E-state index >= 15 is 0 Å². The number of esters is 2. The average molecular weight is 794 g/mol. The second kappa shape index (κ2) is 27.4. The van der Waals surface area contributed by atoms with Crippen LogP contribution in [0.15, 0.2) is 48.5 Å². The molecule has 0 aliphatic carbocycles. The predicted octanol–water partition coefficient (Wildman–Crippen LogP) is 4.75. The van der Waals surface area contributed by atoms with Crippen molar-refractivity contribution in [3.05, 3.63) is 74.0 Å². The van der Waals surface area contributed by atoms with Gasteiger partial charge in [0.15, 0.2) is 0 Å². The Morgan fingerprint density at radius 1 is 0.786 bits per heavy atom. The van der Waals surface area contributed by atoms with Crippen LogP contribution in [0.1, 0.15) is 32.4 Å². The summed E-state index contributed by atoms with van der Waals surface area (Å²) in [5.74, 6) is 1.71. The van der Waals surface area contributed by atoms with E-state index in [-0.39, 0.29) is 111 Å². The third-order valence-electron chi connectivity index (χ3n) is 5.95. The van der Waals surface area contributed by atoms with Gasteiger partial charge in [-0.15, -0.1) is 11.8 Å². The molecule has 0 saturated carbocycles. The maximum atomic E-state index is 11.8. The molecule has 0 aromatic heterocycles. The number of nitrogens with one attached hydrogen (secondary N) is 2. The fourth-order valence-electron chi connectivity index (χ4n) is 3.44. The molecule has 12 heteroatoms. The van der Waals surface area contributed by atoms with Crippen molar-refractivity contribution >= 4 is 23.7 Å². The first-order valence-corrected chi connectivity index (χ1v) is 13.3. The van der Waals surface area contributed by atoms with Crippen LogP contribution in [-0.2, 0) is 116 Å². The molecule has 2 aromatic carbocycles. The van der Waals surface area contributed by atoms with Gasteiger partial charge in [0.2, 0.25) is 0 Å². The van der Waals surface area contributed by atoms with Gasteiger partial charge >= 0.3 is 11.9 Å². The van der Waals surface area contributed by atoms with Gasteiger partial charge in [0.1, 0.15) is 28.5 Å². The summed E-state index contributed by atoms with van der Waals surface area (Å²) in [7, 11) is 6.30. The van der Waals surface area contributed by atoms with Gasteiger partial charge in [-0.1, -0.05) is 31.7 Å². The number of hydrogen-bond acceptors (Lipinski definition) is 9. The molecule has 233 valence electrons. The predicted molar refractivity (Wildman–Crippen MR) is 162 cm³/mol. The summed E-state index contributed by atoms with van der Waals surface area (Å²) in [6.45, 7) is 7.66. The number of carbonyl (C=O) groups is 2. The van der Waals surface area contributed by atoms with Crippen molar-refractivity contribution < 1.29 is 113 Å². The number of methoxy groups -OCH3 is 2. The molecule has 0 bridgehead atoms. The zero-order valence-electron chi connectivity index (χ0n) is 25.6. The van der Waals surface area contributed by atoms with Gasteiger partial charge in [0, 0.05) is 96.8 Å². The Bertz CT molecular complexity index is 973. The third kappa shape index (κ3) is 17.5. The zero-order chi connectivity index (χ0) is 27.9. The van der Waals surface area contributed by atoms with Crippen molar-refractivity contribution in [1.82, 2.24) is 10.6 Å². The molecule has 2 N–H and O–H groups in total. The van der Waals surface area contributed by atoms with Crippen LogP contribution in [0.2, 0.25) is 0 Å². The van der Waals surface area contributed by atoms with Gasteiger partial charge in [-0.05, 0) is 76.2 Å². The number of hydrogen-bond donors (Lipinski definition) is 2. The van der Waals surface area contributed by atoms with Crippen molar-refractivity contribution in [2.24, 2.45) is 0 Å². The number of benzene rings is 2. The van der Waals surface area contributed by atoms with E-state index in [1.54, 1.807) is 25.9 Å². The van der Waals surface area contributed by atoms with Crippen molar-refractivity contribution in [3.8, 4) is 11.5 Å². The summed E-state index contributed by atoms with van der Waals surface area (Å²) >= 11 is 1.63. The SMILES string of the molecule is C.CNC(C)(Cc1ccc(OCSC)cc1)C(=O)OC.[CH2-]COc1ccc(CC(C)(NC)C(=O)OC)cc1.[CH3-].[V].[Y].[Y]. The molecular formula is C30H48N2O6SVY2-2. The number of likely N-dealkylation sites (N-methyl/N-ethyl adjacent to an activating group) is 2. The van der Waals surface area contributed by atoms with Crippen LogP contribution < -0.4 is 20.1 Å². The molecule has 42 heavy (non-hydrogen) atoms. The minimum absolute atomic E-state index is 0. The summed E-state index contributed by atoms with van der Waals surface area (Å²) in [5, 5.41) is 6.02. The molecule has 0 amide bonds. The number of thioether (sulfide) groups is 1. The van der Waals surface area contributed by atoms with Crippen LogP contribution >= 0.6 is 11.8 Å². The molecule has 2 rings (SSSR count). The molecule has 3 radical (unpaired) electrons. The van der Waals surface area contributed by atoms with Crippen molar-refractivity contribution in [1.29, 1.82) is 0 Å². The normalized spacial score (nSPS) is 12.1. The Balaban J connectivity index is -0.000000194. The second-order valence-electron chi connectivity index (χ2n) is 8.69. The molecule has 0 fully saturated rings. The van der Waals surface area contributed by atoms with E-state index < -0.39 is 11.1 Å². The van der Waals surface area contributed by atoms with E-state index in [9.17, 15) is 9.59 Å². The first-order chi connectivity index (χ1) is 17.6. The van der Waals surface area contributed by atoms with Crippen molar-refractivity contribution in [2.45, 2.75) is 45.2 Å². The quantitative estimate of drug-likeness (QED) is 0.170. The fourth-order valence-corrected chi connectivity index (χ4v) is 3.70. The summed E-state index contributed by atoms with van der Waals surface area (Å²) in [5.41, 5.74) is 0.659. The molecule has 0 aliphatic rings. The van der Waals surface area contributed by atoms with Crippen LogP contribution in [0.3, 0.4) is 0 Å². The molecule has 0 saturated heterocycles. The maximum absolute atomic E-state index is 11.8. The number of rotatable bonds is 13. The van der Waals surface area contributed by atoms with Gasteiger partial charge in [-0.25, -0.2) is 0 Å². The minimum Gasteiger partial charge on any atom is -0.525 e. The third-order valence-corrected chi connectivity index (χ3v) is 6.30. The first-order valence-electron chi connectivity index (χ1n) is 11.9. The second-order valence-corrected chi connectivity index (χ2v) is 9.50. The van der Waals surface area contributed by atoms with Crippen LogP contribution in [0.25, 0.3) is 0 Å². The van der Waals surface area contributed by atoms with Gasteiger partial charge in [-0.2, -0.15) is 0 Å². The van der Waals surface area contributed by atoms with Crippen LogP contribution in [0.5, 0.6) is 11.5 Å². The van der Waals surface area contributed by atoms with E-state index in [2.05, 4.69) is 17.6 Å². The number of ether oxygens (including phenoxy) is 4. The molecule has 0 spiro atoms. The van der Waals surface area contributed by atoms with Gasteiger partial charge in [0.25, 0.3) is 0 Å². The summed E-state index contributed by atoms with van der Waals surface area (Å²) < 4.78 is 20.4. The van der Waals surface area contributed by atoms with Gasteiger partial charge in [-0.3, -0.25) is 9.59 Å². The fraction of sp³-hybridized carbons (Fsp3) is 0.467. The molecule has 0 heterocycles. The Morgan fingerprint density at radius 3 is 1.38 bits per heavy atom. The van der Waals surface area contributed by atoms with E-state index in [1.807, 2.05) is 68.6 Å². The first kappa shape index (κ1) is 51.6. The van der Waals surface area contributed by atoms with Crippen LogP contribution in [-0.4, -0.2) is 70.1 Å². The topological polar surface area (TPSA) is 95.1 Å². The van der Waals surface area contributed by atoms with E-state index in [4.69, 9.17) is 18.9 Å². The zero-order valence-corrected chi connectivity index (χ0v) is 33.5. The Kier molecular flexibility index (Phi) is 33.6. The molecule has 0 aliphatic heterocycles. The summed E-state index contributed by atoms with van der Waals surface area (Å²) in [6.07, 6.45) is 3.11. The standard InChI is InChI=1S/C14H21NO3S.C14H20NO3.CH4.CH3.V.2Y/c1-14(15-2,13(16)17-3)9-11-5-7-12(8-6-11)18-10-19-4;1-5-18-12-8-6-11(7-9-12)10-14(2,15-3)13(16)17-4;;;;;/h5-8,15H,9-10H2,1-4H3;6-9,15H,1,5,10H2,2-4H3;1H4;1H3;;;/q;-1;;-1;;;. The molecular weight excluding hydrogens is 745 g/mol. The van der Waals surface area contributed by atoms with Crippen molar-refractivity contribution in [2.75, 3.05) is 47.1 Å². The monoisotopic (exact) mass is 793 g/mol. The largest absolute Gasteiger partial charge is 0.525 e. The average Bonchev–Trinajstić information content (AvgIpc) is 2.93. The maximum Gasteiger partial charge on any atom is 0.326 e. The van der Waals surface area contributed by atoms with E-state index in [0.29, 0.717) is 25.4 Å². The van der Waals surface area contributed by atoms with Crippen LogP contribution in [0.4, 0.5) is 0 Å². The molecule has 2 aromatic rings. The van der Waals surface area contributed by atoms with E-state index in [1.165, 1.54) is 14.2 Å². The smallest absolute Gasteiger partial charge is 0.326 e.